The third-order valence-electron chi connectivity index (χ3n) is 3.20. The van der Waals surface area contributed by atoms with E-state index in [1.807, 2.05) is 0 Å². The summed E-state index contributed by atoms with van der Waals surface area (Å²) in [5.74, 6) is 1.09. The lowest BCUT2D eigenvalue weighted by Gasteiger charge is -2.05. The minimum Gasteiger partial charge on any atom is -0.241 e. The van der Waals surface area contributed by atoms with Crippen LogP contribution < -0.4 is 0 Å². The Morgan fingerprint density at radius 2 is 1.56 bits per heavy atom. The first-order valence-corrected chi connectivity index (χ1v) is 7.38. The monoisotopic (exact) mass is 259 g/mol. The zero-order valence-electron chi connectivity index (χ0n) is 11.8. The van der Waals surface area contributed by atoms with Gasteiger partial charge in [-0.3, -0.25) is 0 Å². The van der Waals surface area contributed by atoms with E-state index in [-0.39, 0.29) is 0 Å². The number of thiazole rings is 1. The van der Waals surface area contributed by atoms with E-state index in [2.05, 4.69) is 58.9 Å². The summed E-state index contributed by atoms with van der Waals surface area (Å²) in [6, 6.07) is 8.81. The van der Waals surface area contributed by atoms with Gasteiger partial charge in [0.15, 0.2) is 0 Å². The van der Waals surface area contributed by atoms with Crippen molar-refractivity contribution in [1.82, 2.24) is 4.98 Å². The van der Waals surface area contributed by atoms with Gasteiger partial charge in [0.05, 0.1) is 5.69 Å². The Morgan fingerprint density at radius 3 is 2.00 bits per heavy atom. The van der Waals surface area contributed by atoms with Crippen LogP contribution in [0.5, 0.6) is 0 Å². The predicted molar refractivity (Wildman–Crippen MR) is 80.5 cm³/mol. The fourth-order valence-electron chi connectivity index (χ4n) is 2.08. The molecule has 2 heteroatoms. The SMILES string of the molecule is Cc1sc(-c2ccc(C(C)C)cc2)nc1C(C)C. The fraction of sp³-hybridized carbons (Fsp3) is 0.438. The van der Waals surface area contributed by atoms with Gasteiger partial charge in [-0.2, -0.15) is 0 Å². The van der Waals surface area contributed by atoms with Crippen LogP contribution >= 0.6 is 11.3 Å². The van der Waals surface area contributed by atoms with Gasteiger partial charge in [0.2, 0.25) is 0 Å². The summed E-state index contributed by atoms with van der Waals surface area (Å²) in [4.78, 5) is 6.11. The molecule has 0 spiro atoms. The van der Waals surface area contributed by atoms with Crippen molar-refractivity contribution in [3.8, 4) is 10.6 Å². The quantitative estimate of drug-likeness (QED) is 0.722. The molecule has 0 bridgehead atoms. The number of nitrogens with zero attached hydrogens (tertiary/aromatic N) is 1. The standard InChI is InChI=1S/C16H21NS/c1-10(2)13-6-8-14(9-7-13)16-17-15(11(3)4)12(5)18-16/h6-11H,1-5H3. The van der Waals surface area contributed by atoms with Crippen LogP contribution in [0, 0.1) is 6.92 Å². The van der Waals surface area contributed by atoms with E-state index in [9.17, 15) is 0 Å². The highest BCUT2D eigenvalue weighted by Gasteiger charge is 2.12. The summed E-state index contributed by atoms with van der Waals surface area (Å²) in [6.45, 7) is 11.0. The van der Waals surface area contributed by atoms with Gasteiger partial charge >= 0.3 is 0 Å². The lowest BCUT2D eigenvalue weighted by molar-refractivity contribution is 0.826. The molecule has 0 atom stereocenters. The first-order valence-electron chi connectivity index (χ1n) is 6.56. The van der Waals surface area contributed by atoms with E-state index >= 15 is 0 Å². The van der Waals surface area contributed by atoms with E-state index in [4.69, 9.17) is 4.98 Å². The second-order valence-electron chi connectivity index (χ2n) is 5.39. The highest BCUT2D eigenvalue weighted by atomic mass is 32.1. The van der Waals surface area contributed by atoms with Crippen molar-refractivity contribution >= 4 is 11.3 Å². The van der Waals surface area contributed by atoms with Crippen LogP contribution in [-0.2, 0) is 0 Å². The second kappa shape index (κ2) is 5.23. The fourth-order valence-corrected chi connectivity index (χ4v) is 3.15. The van der Waals surface area contributed by atoms with Crippen LogP contribution in [-0.4, -0.2) is 4.98 Å². The van der Waals surface area contributed by atoms with E-state index in [0.29, 0.717) is 11.8 Å². The molecule has 18 heavy (non-hydrogen) atoms. The third kappa shape index (κ3) is 2.64. The molecule has 96 valence electrons. The van der Waals surface area contributed by atoms with Gasteiger partial charge in [-0.1, -0.05) is 52.0 Å². The second-order valence-corrected chi connectivity index (χ2v) is 6.60. The molecule has 0 amide bonds. The highest BCUT2D eigenvalue weighted by Crippen LogP contribution is 2.31. The van der Waals surface area contributed by atoms with Gasteiger partial charge in [0.1, 0.15) is 5.01 Å². The molecule has 1 nitrogen and oxygen atoms in total. The average Bonchev–Trinajstić information content (AvgIpc) is 2.71. The molecule has 1 heterocycles. The Kier molecular flexibility index (Phi) is 3.86. The van der Waals surface area contributed by atoms with Gasteiger partial charge < -0.3 is 0 Å². The Labute approximate surface area is 114 Å². The third-order valence-corrected chi connectivity index (χ3v) is 4.24. The zero-order valence-corrected chi connectivity index (χ0v) is 12.6. The average molecular weight is 259 g/mol. The number of rotatable bonds is 3. The van der Waals surface area contributed by atoms with Crippen LogP contribution in [0.1, 0.15) is 55.7 Å². The minimum absolute atomic E-state index is 0.505. The number of hydrogen-bond donors (Lipinski definition) is 0. The van der Waals surface area contributed by atoms with Crippen molar-refractivity contribution in [2.45, 2.75) is 46.5 Å². The van der Waals surface area contributed by atoms with Crippen molar-refractivity contribution in [3.63, 3.8) is 0 Å². The molecular weight excluding hydrogens is 238 g/mol. The molecule has 0 N–H and O–H groups in total. The van der Waals surface area contributed by atoms with Crippen molar-refractivity contribution in [1.29, 1.82) is 0 Å². The molecule has 1 aromatic heterocycles. The maximum absolute atomic E-state index is 4.77. The molecular formula is C16H21NS. The molecule has 0 aliphatic carbocycles. The van der Waals surface area contributed by atoms with Gasteiger partial charge in [-0.15, -0.1) is 11.3 Å². The van der Waals surface area contributed by atoms with E-state index in [0.717, 1.165) is 5.01 Å². The molecule has 0 saturated carbocycles. The van der Waals surface area contributed by atoms with E-state index < -0.39 is 0 Å². The first kappa shape index (κ1) is 13.3. The molecule has 1 aromatic carbocycles. The minimum atomic E-state index is 0.505. The van der Waals surface area contributed by atoms with Crippen LogP contribution in [0.3, 0.4) is 0 Å². The molecule has 0 fully saturated rings. The zero-order chi connectivity index (χ0) is 13.3. The smallest absolute Gasteiger partial charge is 0.123 e. The summed E-state index contributed by atoms with van der Waals surface area (Å²) >= 11 is 1.80. The molecule has 0 radical (unpaired) electrons. The molecule has 0 aliphatic heterocycles. The summed E-state index contributed by atoms with van der Waals surface area (Å²) in [5, 5.41) is 1.14. The number of hydrogen-bond acceptors (Lipinski definition) is 2. The largest absolute Gasteiger partial charge is 0.241 e. The van der Waals surface area contributed by atoms with Crippen molar-refractivity contribution in [3.05, 3.63) is 40.4 Å². The maximum Gasteiger partial charge on any atom is 0.123 e. The van der Waals surface area contributed by atoms with Crippen LogP contribution in [0.25, 0.3) is 10.6 Å². The Bertz CT molecular complexity index is 521. The van der Waals surface area contributed by atoms with E-state index in [1.165, 1.54) is 21.7 Å². The number of aryl methyl sites for hydroxylation is 1. The summed E-state index contributed by atoms with van der Waals surface area (Å²) < 4.78 is 0. The Hall–Kier alpha value is -1.15. The van der Waals surface area contributed by atoms with Crippen molar-refractivity contribution < 1.29 is 0 Å². The normalized spacial score (nSPS) is 11.5. The number of aromatic nitrogens is 1. The van der Waals surface area contributed by atoms with Crippen LogP contribution in [0.15, 0.2) is 24.3 Å². The van der Waals surface area contributed by atoms with Gasteiger partial charge in [-0.25, -0.2) is 4.98 Å². The van der Waals surface area contributed by atoms with Crippen molar-refractivity contribution in [2.75, 3.05) is 0 Å². The Balaban J connectivity index is 2.34. The lowest BCUT2D eigenvalue weighted by atomic mass is 10.0. The van der Waals surface area contributed by atoms with E-state index in [1.54, 1.807) is 11.3 Å². The molecule has 0 aliphatic rings. The summed E-state index contributed by atoms with van der Waals surface area (Å²) in [5.41, 5.74) is 3.86. The lowest BCUT2D eigenvalue weighted by Crippen LogP contribution is -1.90. The predicted octanol–water partition coefficient (Wildman–Crippen LogP) is 5.37. The topological polar surface area (TPSA) is 12.9 Å². The summed E-state index contributed by atoms with van der Waals surface area (Å²) in [6.07, 6.45) is 0. The van der Waals surface area contributed by atoms with Crippen LogP contribution in [0.2, 0.25) is 0 Å². The molecule has 0 unspecified atom stereocenters. The Morgan fingerprint density at radius 1 is 0.944 bits per heavy atom. The highest BCUT2D eigenvalue weighted by molar-refractivity contribution is 7.15. The van der Waals surface area contributed by atoms with Gasteiger partial charge in [-0.05, 0) is 24.3 Å². The van der Waals surface area contributed by atoms with Gasteiger partial charge in [0.25, 0.3) is 0 Å². The van der Waals surface area contributed by atoms with Crippen molar-refractivity contribution in [2.24, 2.45) is 0 Å². The molecule has 0 saturated heterocycles. The molecule has 2 rings (SSSR count). The maximum atomic E-state index is 4.77. The molecule has 2 aromatic rings. The van der Waals surface area contributed by atoms with Gasteiger partial charge in [0, 0.05) is 10.4 Å². The summed E-state index contributed by atoms with van der Waals surface area (Å²) in [7, 11) is 0. The number of benzene rings is 1. The first-order chi connectivity index (χ1) is 8.49. The van der Waals surface area contributed by atoms with Crippen LogP contribution in [0.4, 0.5) is 0 Å².